The number of ether oxygens (including phenoxy) is 1. The first-order chi connectivity index (χ1) is 10.5. The van der Waals surface area contributed by atoms with Gasteiger partial charge in [-0.25, -0.2) is 9.97 Å². The molecule has 22 heavy (non-hydrogen) atoms. The van der Waals surface area contributed by atoms with Crippen LogP contribution in [0.4, 0.5) is 0 Å². The largest absolute Gasteiger partial charge is 0.461 e. The molecular formula is C17H26N2O2S. The maximum atomic E-state index is 12.1. The highest BCUT2D eigenvalue weighted by Crippen LogP contribution is 2.35. The molecule has 3 unspecified atom stereocenters. The van der Waals surface area contributed by atoms with Crippen LogP contribution in [0, 0.1) is 24.7 Å². The molecule has 1 aliphatic carbocycles. The first-order valence-corrected chi connectivity index (χ1v) is 9.06. The molecule has 1 aliphatic rings. The van der Waals surface area contributed by atoms with Gasteiger partial charge < -0.3 is 4.74 Å². The Balaban J connectivity index is 1.87. The fourth-order valence-electron chi connectivity index (χ4n) is 3.07. The number of nitrogens with zero attached hydrogens (tertiary/aromatic N) is 2. The molecule has 0 amide bonds. The first kappa shape index (κ1) is 17.3. The minimum atomic E-state index is -0.153. The molecule has 4 nitrogen and oxygen atoms in total. The Kier molecular flexibility index (Phi) is 6.24. The van der Waals surface area contributed by atoms with Crippen LogP contribution < -0.4 is 0 Å². The average Bonchev–Trinajstić information content (AvgIpc) is 2.45. The number of thioether (sulfide) groups is 1. The van der Waals surface area contributed by atoms with E-state index in [2.05, 4.69) is 30.7 Å². The number of carbonyl (C=O) groups is 1. The van der Waals surface area contributed by atoms with E-state index in [1.54, 1.807) is 6.20 Å². The Morgan fingerprint density at radius 1 is 1.45 bits per heavy atom. The Hall–Kier alpha value is -1.10. The van der Waals surface area contributed by atoms with Crippen molar-refractivity contribution in [3.8, 4) is 0 Å². The molecule has 1 heterocycles. The third kappa shape index (κ3) is 4.97. The molecule has 5 heteroatoms. The van der Waals surface area contributed by atoms with Crippen molar-refractivity contribution in [1.82, 2.24) is 9.97 Å². The van der Waals surface area contributed by atoms with Gasteiger partial charge in [-0.2, -0.15) is 0 Å². The second kappa shape index (κ2) is 7.95. The van der Waals surface area contributed by atoms with Crippen molar-refractivity contribution in [2.75, 3.05) is 5.75 Å². The van der Waals surface area contributed by atoms with E-state index in [9.17, 15) is 4.79 Å². The molecule has 1 fully saturated rings. The number of hydrogen-bond acceptors (Lipinski definition) is 5. The zero-order valence-corrected chi connectivity index (χ0v) is 14.7. The zero-order valence-electron chi connectivity index (χ0n) is 13.9. The van der Waals surface area contributed by atoms with E-state index in [1.807, 2.05) is 13.0 Å². The monoisotopic (exact) mass is 322 g/mol. The van der Waals surface area contributed by atoms with Crippen LogP contribution in [0.25, 0.3) is 0 Å². The SMILES string of the molecule is Cc1ccnc(SCC(=O)OC2CC(C)CCC2C(C)C)n1. The van der Waals surface area contributed by atoms with Crippen molar-refractivity contribution in [3.63, 3.8) is 0 Å². The summed E-state index contributed by atoms with van der Waals surface area (Å²) in [5, 5.41) is 0.634. The third-order valence-electron chi connectivity index (χ3n) is 4.34. The summed E-state index contributed by atoms with van der Waals surface area (Å²) in [7, 11) is 0. The van der Waals surface area contributed by atoms with Gasteiger partial charge in [0.05, 0.1) is 5.75 Å². The highest BCUT2D eigenvalue weighted by atomic mass is 32.2. The molecule has 0 radical (unpaired) electrons. The van der Waals surface area contributed by atoms with Crippen LogP contribution in [0.3, 0.4) is 0 Å². The summed E-state index contributed by atoms with van der Waals surface area (Å²) in [5.74, 6) is 1.80. The van der Waals surface area contributed by atoms with Crippen LogP contribution in [0.1, 0.15) is 45.7 Å². The standard InChI is InChI=1S/C17H26N2O2S/c1-11(2)14-6-5-12(3)9-15(14)21-16(20)10-22-17-18-8-7-13(4)19-17/h7-8,11-12,14-15H,5-6,9-10H2,1-4H3. The Morgan fingerprint density at radius 3 is 2.91 bits per heavy atom. The van der Waals surface area contributed by atoms with Crippen LogP contribution in [0.2, 0.25) is 0 Å². The quantitative estimate of drug-likeness (QED) is 0.468. The van der Waals surface area contributed by atoms with E-state index < -0.39 is 0 Å². The van der Waals surface area contributed by atoms with Gasteiger partial charge in [0.2, 0.25) is 0 Å². The van der Waals surface area contributed by atoms with E-state index in [0.717, 1.165) is 18.5 Å². The summed E-state index contributed by atoms with van der Waals surface area (Å²) in [6, 6.07) is 1.85. The zero-order chi connectivity index (χ0) is 16.1. The van der Waals surface area contributed by atoms with Crippen molar-refractivity contribution in [2.45, 2.75) is 58.2 Å². The Labute approximate surface area is 137 Å². The number of carbonyl (C=O) groups excluding carboxylic acids is 1. The van der Waals surface area contributed by atoms with Crippen LogP contribution >= 0.6 is 11.8 Å². The molecule has 0 aromatic carbocycles. The molecule has 0 N–H and O–H groups in total. The average molecular weight is 322 g/mol. The highest BCUT2D eigenvalue weighted by molar-refractivity contribution is 7.99. The van der Waals surface area contributed by atoms with Gasteiger partial charge in [0.15, 0.2) is 5.16 Å². The molecule has 0 aliphatic heterocycles. The summed E-state index contributed by atoms with van der Waals surface area (Å²) in [6.45, 7) is 8.60. The van der Waals surface area contributed by atoms with Gasteiger partial charge in [0.1, 0.15) is 6.10 Å². The van der Waals surface area contributed by atoms with Crippen molar-refractivity contribution >= 4 is 17.7 Å². The van der Waals surface area contributed by atoms with Gasteiger partial charge in [-0.3, -0.25) is 4.79 Å². The van der Waals surface area contributed by atoms with Crippen molar-refractivity contribution < 1.29 is 9.53 Å². The predicted octanol–water partition coefficient (Wildman–Crippen LogP) is 3.88. The molecule has 1 aromatic rings. The van der Waals surface area contributed by atoms with Gasteiger partial charge >= 0.3 is 5.97 Å². The van der Waals surface area contributed by atoms with Gasteiger partial charge in [-0.15, -0.1) is 0 Å². The van der Waals surface area contributed by atoms with E-state index in [0.29, 0.717) is 22.9 Å². The molecule has 122 valence electrons. The molecular weight excluding hydrogens is 296 g/mol. The van der Waals surface area contributed by atoms with Gasteiger partial charge in [-0.05, 0) is 43.6 Å². The second-order valence-electron chi connectivity index (χ2n) is 6.62. The maximum Gasteiger partial charge on any atom is 0.316 e. The predicted molar refractivity (Wildman–Crippen MR) is 88.7 cm³/mol. The van der Waals surface area contributed by atoms with Gasteiger partial charge in [-0.1, -0.05) is 39.0 Å². The molecule has 1 saturated carbocycles. The maximum absolute atomic E-state index is 12.1. The van der Waals surface area contributed by atoms with Crippen LogP contribution in [-0.4, -0.2) is 27.8 Å². The molecule has 0 spiro atoms. The number of rotatable bonds is 5. The molecule has 0 bridgehead atoms. The number of aryl methyl sites for hydroxylation is 1. The summed E-state index contributed by atoms with van der Waals surface area (Å²) in [4.78, 5) is 20.6. The topological polar surface area (TPSA) is 52.1 Å². The molecule has 2 rings (SSSR count). The van der Waals surface area contributed by atoms with Crippen molar-refractivity contribution in [1.29, 1.82) is 0 Å². The number of hydrogen-bond donors (Lipinski definition) is 0. The lowest BCUT2D eigenvalue weighted by Crippen LogP contribution is -2.36. The molecule has 0 saturated heterocycles. The smallest absolute Gasteiger partial charge is 0.316 e. The van der Waals surface area contributed by atoms with Gasteiger partial charge in [0.25, 0.3) is 0 Å². The number of esters is 1. The summed E-state index contributed by atoms with van der Waals surface area (Å²) >= 11 is 1.34. The Bertz CT molecular complexity index is 507. The highest BCUT2D eigenvalue weighted by Gasteiger charge is 2.33. The van der Waals surface area contributed by atoms with E-state index in [4.69, 9.17) is 4.74 Å². The molecule has 3 atom stereocenters. The van der Waals surface area contributed by atoms with Crippen molar-refractivity contribution in [3.05, 3.63) is 18.0 Å². The summed E-state index contributed by atoms with van der Waals surface area (Å²) in [6.07, 6.45) is 5.16. The lowest BCUT2D eigenvalue weighted by molar-refractivity contribution is -0.152. The normalized spacial score (nSPS) is 25.2. The van der Waals surface area contributed by atoms with Crippen molar-refractivity contribution in [2.24, 2.45) is 17.8 Å². The third-order valence-corrected chi connectivity index (χ3v) is 5.17. The van der Waals surface area contributed by atoms with Gasteiger partial charge in [0, 0.05) is 11.9 Å². The van der Waals surface area contributed by atoms with E-state index in [1.165, 1.54) is 18.2 Å². The van der Waals surface area contributed by atoms with Crippen LogP contribution in [0.15, 0.2) is 17.4 Å². The fourth-order valence-corrected chi connectivity index (χ4v) is 3.73. The van der Waals surface area contributed by atoms with E-state index in [-0.39, 0.29) is 17.8 Å². The Morgan fingerprint density at radius 2 is 2.23 bits per heavy atom. The summed E-state index contributed by atoms with van der Waals surface area (Å²) in [5.41, 5.74) is 0.909. The second-order valence-corrected chi connectivity index (χ2v) is 7.57. The first-order valence-electron chi connectivity index (χ1n) is 8.07. The number of aromatic nitrogens is 2. The molecule has 1 aromatic heterocycles. The minimum Gasteiger partial charge on any atom is -0.461 e. The minimum absolute atomic E-state index is 0.0651. The lowest BCUT2D eigenvalue weighted by atomic mass is 9.75. The van der Waals surface area contributed by atoms with E-state index >= 15 is 0 Å². The summed E-state index contributed by atoms with van der Waals surface area (Å²) < 4.78 is 5.77. The van der Waals surface area contributed by atoms with Crippen LogP contribution in [-0.2, 0) is 9.53 Å². The fraction of sp³-hybridized carbons (Fsp3) is 0.706. The van der Waals surface area contributed by atoms with Crippen LogP contribution in [0.5, 0.6) is 0 Å². The lowest BCUT2D eigenvalue weighted by Gasteiger charge is -2.36.